The number of amides is 1. The molecule has 4 rings (SSSR count). The maximum atomic E-state index is 12.6. The lowest BCUT2D eigenvalue weighted by Crippen LogP contribution is -2.65. The highest BCUT2D eigenvalue weighted by Gasteiger charge is 2.50. The van der Waals surface area contributed by atoms with Crippen molar-refractivity contribution in [3.63, 3.8) is 0 Å². The molecule has 0 aromatic carbocycles. The Morgan fingerprint density at radius 2 is 2.12 bits per heavy atom. The second-order valence-electron chi connectivity index (χ2n) is 8.22. The van der Waals surface area contributed by atoms with Gasteiger partial charge >= 0.3 is 0 Å². The summed E-state index contributed by atoms with van der Waals surface area (Å²) in [5.74, 6) is 0.460. The number of anilines is 1. The molecule has 10 heteroatoms. The highest BCUT2D eigenvalue weighted by molar-refractivity contribution is 5.92. The number of pyridine rings is 1. The van der Waals surface area contributed by atoms with Crippen LogP contribution in [-0.4, -0.2) is 69.5 Å². The van der Waals surface area contributed by atoms with Crippen LogP contribution in [0, 0.1) is 11.3 Å². The van der Waals surface area contributed by atoms with Gasteiger partial charge < -0.3 is 30.2 Å². The summed E-state index contributed by atoms with van der Waals surface area (Å²) in [5.41, 5.74) is -0.181. The first-order valence-corrected chi connectivity index (χ1v) is 10.3. The number of carbonyl (C=O) groups excluding carboxylic acids is 1. The molecule has 0 saturated carbocycles. The molecule has 4 heterocycles. The Bertz CT molecular complexity index is 965. The number of piperidine rings is 1. The van der Waals surface area contributed by atoms with Crippen molar-refractivity contribution in [3.05, 3.63) is 47.9 Å². The minimum Gasteiger partial charge on any atom is -0.483 e. The number of aromatic nitrogens is 2. The van der Waals surface area contributed by atoms with E-state index in [1.807, 2.05) is 6.92 Å². The van der Waals surface area contributed by atoms with E-state index in [-0.39, 0.29) is 19.0 Å². The minimum atomic E-state index is -0.786. The highest BCUT2D eigenvalue weighted by atomic mass is 16.5. The molecule has 0 aliphatic carbocycles. The van der Waals surface area contributed by atoms with Gasteiger partial charge in [0.2, 0.25) is 0 Å². The van der Waals surface area contributed by atoms with Crippen molar-refractivity contribution in [1.29, 1.82) is 5.26 Å². The Morgan fingerprint density at radius 1 is 1.41 bits per heavy atom. The van der Waals surface area contributed by atoms with Gasteiger partial charge in [0.15, 0.2) is 0 Å². The molecule has 2 atom stereocenters. The number of rotatable bonds is 3. The summed E-state index contributed by atoms with van der Waals surface area (Å²) in [6.45, 7) is 3.20. The van der Waals surface area contributed by atoms with Crippen LogP contribution in [0.5, 0.6) is 0 Å². The van der Waals surface area contributed by atoms with E-state index in [0.29, 0.717) is 36.6 Å². The fourth-order valence-corrected chi connectivity index (χ4v) is 4.39. The third kappa shape index (κ3) is 4.90. The molecule has 170 valence electrons. The van der Waals surface area contributed by atoms with Crippen molar-refractivity contribution < 1.29 is 24.5 Å². The molecule has 10 nitrogen and oxygen atoms in total. The highest BCUT2D eigenvalue weighted by Crippen LogP contribution is 2.40. The zero-order chi connectivity index (χ0) is 23.2. The molecule has 4 N–H and O–H groups in total. The standard InChI is InChI=1S/C21H25N5O3.CH2O2/c1-20(25-19(28)16-5-3-8-23-16)14-21(29-13-17(20)27)6-10-26(11-7-21)18-15(12-22)4-2-9-24-18;2-1-3/h2-5,8-9,17,23,27H,6-7,10-11,13-14H2,1H3,(H,25,28);1H,(H,2,3)/t17-,20-;/m1./s1. The number of nitrogens with zero attached hydrogens (tertiary/aromatic N) is 3. The van der Waals surface area contributed by atoms with E-state index in [4.69, 9.17) is 14.6 Å². The number of ether oxygens (including phenoxy) is 1. The molecule has 32 heavy (non-hydrogen) atoms. The molecular formula is C22H27N5O5. The van der Waals surface area contributed by atoms with Crippen LogP contribution >= 0.6 is 0 Å². The molecule has 0 radical (unpaired) electrons. The lowest BCUT2D eigenvalue weighted by molar-refractivity contribution is -0.167. The third-order valence-corrected chi connectivity index (χ3v) is 6.10. The molecule has 0 bridgehead atoms. The van der Waals surface area contributed by atoms with Crippen molar-refractivity contribution in [2.45, 2.75) is 43.4 Å². The molecular weight excluding hydrogens is 414 g/mol. The summed E-state index contributed by atoms with van der Waals surface area (Å²) in [4.78, 5) is 30.3. The molecule has 2 aromatic rings. The zero-order valence-corrected chi connectivity index (χ0v) is 17.8. The first kappa shape index (κ1) is 23.2. The number of hydrogen-bond acceptors (Lipinski definition) is 7. The van der Waals surface area contributed by atoms with Gasteiger partial charge in [-0.05, 0) is 44.0 Å². The molecule has 2 aliphatic rings. The summed E-state index contributed by atoms with van der Waals surface area (Å²) in [6.07, 6.45) is 4.59. The Labute approximate surface area is 185 Å². The number of nitriles is 1. The molecule has 0 unspecified atom stereocenters. The summed E-state index contributed by atoms with van der Waals surface area (Å²) >= 11 is 0. The van der Waals surface area contributed by atoms with Crippen LogP contribution in [-0.2, 0) is 9.53 Å². The fourth-order valence-electron chi connectivity index (χ4n) is 4.39. The second kappa shape index (κ2) is 9.80. The predicted molar refractivity (Wildman–Crippen MR) is 115 cm³/mol. The first-order chi connectivity index (χ1) is 15.4. The van der Waals surface area contributed by atoms with Gasteiger partial charge in [-0.2, -0.15) is 5.26 Å². The van der Waals surface area contributed by atoms with E-state index >= 15 is 0 Å². The van der Waals surface area contributed by atoms with Gasteiger partial charge in [0.05, 0.1) is 23.3 Å². The van der Waals surface area contributed by atoms with Gasteiger partial charge in [-0.3, -0.25) is 9.59 Å². The maximum absolute atomic E-state index is 12.6. The van der Waals surface area contributed by atoms with Gasteiger partial charge in [-0.1, -0.05) is 0 Å². The summed E-state index contributed by atoms with van der Waals surface area (Å²) in [5, 5.41) is 29.8. The Hall–Kier alpha value is -3.42. The molecule has 2 saturated heterocycles. The van der Waals surface area contributed by atoms with Crippen molar-refractivity contribution in [2.75, 3.05) is 24.6 Å². The number of aliphatic hydroxyl groups is 1. The molecule has 2 aromatic heterocycles. The van der Waals surface area contributed by atoms with E-state index in [0.717, 1.165) is 12.8 Å². The average molecular weight is 441 g/mol. The predicted octanol–water partition coefficient (Wildman–Crippen LogP) is 1.29. The van der Waals surface area contributed by atoms with Gasteiger partial charge in [0, 0.05) is 31.9 Å². The SMILES string of the molecule is C[C@@]1(NC(=O)c2ccc[nH]2)CC2(CCN(c3ncccc3C#N)CC2)OC[C@H]1O.O=CO. The number of nitrogens with one attached hydrogen (secondary N) is 2. The topological polar surface area (TPSA) is 152 Å². The number of carbonyl (C=O) groups is 2. The number of aliphatic hydroxyl groups excluding tert-OH is 1. The summed E-state index contributed by atoms with van der Waals surface area (Å²) in [7, 11) is 0. The largest absolute Gasteiger partial charge is 0.483 e. The monoisotopic (exact) mass is 441 g/mol. The smallest absolute Gasteiger partial charge is 0.290 e. The maximum Gasteiger partial charge on any atom is 0.290 e. The van der Waals surface area contributed by atoms with E-state index in [1.165, 1.54) is 0 Å². The van der Waals surface area contributed by atoms with Crippen molar-refractivity contribution in [2.24, 2.45) is 0 Å². The second-order valence-corrected chi connectivity index (χ2v) is 8.22. The minimum absolute atomic E-state index is 0.175. The van der Waals surface area contributed by atoms with Gasteiger partial charge in [0.25, 0.3) is 12.4 Å². The lowest BCUT2D eigenvalue weighted by Gasteiger charge is -2.52. The van der Waals surface area contributed by atoms with E-state index in [2.05, 4.69) is 26.3 Å². The average Bonchev–Trinajstić information content (AvgIpc) is 3.33. The van der Waals surface area contributed by atoms with E-state index in [9.17, 15) is 15.2 Å². The van der Waals surface area contributed by atoms with Crippen LogP contribution in [0.4, 0.5) is 5.82 Å². The molecule has 2 aliphatic heterocycles. The quantitative estimate of drug-likeness (QED) is 0.520. The van der Waals surface area contributed by atoms with Gasteiger partial charge in [-0.15, -0.1) is 0 Å². The number of hydrogen-bond donors (Lipinski definition) is 4. The first-order valence-electron chi connectivity index (χ1n) is 10.3. The Balaban J connectivity index is 0.000000913. The fraction of sp³-hybridized carbons (Fsp3) is 0.455. The van der Waals surface area contributed by atoms with E-state index in [1.54, 1.807) is 36.7 Å². The van der Waals surface area contributed by atoms with Crippen LogP contribution in [0.3, 0.4) is 0 Å². The summed E-state index contributed by atoms with van der Waals surface area (Å²) in [6, 6.07) is 9.20. The van der Waals surface area contributed by atoms with Crippen molar-refractivity contribution in [3.8, 4) is 6.07 Å². The molecule has 2 fully saturated rings. The van der Waals surface area contributed by atoms with E-state index < -0.39 is 17.2 Å². The molecule has 1 amide bonds. The Morgan fingerprint density at radius 3 is 2.75 bits per heavy atom. The van der Waals surface area contributed by atoms with Crippen molar-refractivity contribution in [1.82, 2.24) is 15.3 Å². The van der Waals surface area contributed by atoms with Crippen LogP contribution in [0.2, 0.25) is 0 Å². The zero-order valence-electron chi connectivity index (χ0n) is 17.8. The normalized spacial score (nSPS) is 24.0. The van der Waals surface area contributed by atoms with Crippen LogP contribution in [0.1, 0.15) is 42.2 Å². The number of aromatic amines is 1. The number of carboxylic acid groups (broad SMARTS) is 1. The summed E-state index contributed by atoms with van der Waals surface area (Å²) < 4.78 is 6.11. The third-order valence-electron chi connectivity index (χ3n) is 6.10. The number of H-pyrrole nitrogens is 1. The van der Waals surface area contributed by atoms with Gasteiger partial charge in [-0.25, -0.2) is 4.98 Å². The lowest BCUT2D eigenvalue weighted by atomic mass is 9.74. The van der Waals surface area contributed by atoms with Crippen LogP contribution in [0.25, 0.3) is 0 Å². The Kier molecular flexibility index (Phi) is 7.12. The van der Waals surface area contributed by atoms with Gasteiger partial charge in [0.1, 0.15) is 23.7 Å². The van der Waals surface area contributed by atoms with Crippen molar-refractivity contribution >= 4 is 18.2 Å². The van der Waals surface area contributed by atoms with Crippen LogP contribution in [0.15, 0.2) is 36.7 Å². The van der Waals surface area contributed by atoms with Crippen LogP contribution < -0.4 is 10.2 Å². The molecule has 1 spiro atoms.